The fourth-order valence-corrected chi connectivity index (χ4v) is 3.80. The Labute approximate surface area is 188 Å². The summed E-state index contributed by atoms with van der Waals surface area (Å²) >= 11 is 12.1. The lowest BCUT2D eigenvalue weighted by Crippen LogP contribution is -2.26. The average molecular weight is 450 g/mol. The number of rotatable bonds is 6. The molecule has 0 saturated heterocycles. The summed E-state index contributed by atoms with van der Waals surface area (Å²) in [7, 11) is 0. The minimum absolute atomic E-state index is 0.0398. The summed E-state index contributed by atoms with van der Waals surface area (Å²) in [6.45, 7) is 0.406. The van der Waals surface area contributed by atoms with E-state index in [1.54, 1.807) is 30.3 Å². The molecular weight excluding hydrogens is 433 g/mol. The monoisotopic (exact) mass is 449 g/mol. The highest BCUT2D eigenvalue weighted by Gasteiger charge is 2.13. The lowest BCUT2D eigenvalue weighted by molar-refractivity contribution is -0.117. The Hall–Kier alpha value is -3.46. The van der Waals surface area contributed by atoms with E-state index in [0.29, 0.717) is 40.1 Å². The number of aromatic amines is 1. The molecular formula is C24H17Cl2N3O2. The topological polar surface area (TPSA) is 81.8 Å². The molecule has 5 nitrogen and oxygen atoms in total. The van der Waals surface area contributed by atoms with E-state index in [1.165, 1.54) is 6.08 Å². The number of nitriles is 1. The Morgan fingerprint density at radius 1 is 1.16 bits per heavy atom. The first-order chi connectivity index (χ1) is 15.0. The largest absolute Gasteiger partial charge is 0.457 e. The number of carbonyl (C=O) groups excluding carboxylic acids is 1. The number of furan rings is 1. The van der Waals surface area contributed by atoms with Gasteiger partial charge in [-0.25, -0.2) is 0 Å². The maximum Gasteiger partial charge on any atom is 0.262 e. The minimum atomic E-state index is -0.454. The lowest BCUT2D eigenvalue weighted by Gasteiger charge is -2.04. The van der Waals surface area contributed by atoms with Crippen LogP contribution in [0.15, 0.2) is 70.8 Å². The molecule has 7 heteroatoms. The number of nitrogens with one attached hydrogen (secondary N) is 2. The number of hydrogen-bond acceptors (Lipinski definition) is 3. The quantitative estimate of drug-likeness (QED) is 0.279. The van der Waals surface area contributed by atoms with Crippen LogP contribution in [0.2, 0.25) is 10.0 Å². The van der Waals surface area contributed by atoms with Crippen molar-refractivity contribution in [3.05, 3.63) is 87.7 Å². The van der Waals surface area contributed by atoms with Crippen LogP contribution in [-0.2, 0) is 11.2 Å². The van der Waals surface area contributed by atoms with Crippen molar-refractivity contribution in [3.63, 3.8) is 0 Å². The molecule has 0 radical (unpaired) electrons. The van der Waals surface area contributed by atoms with Crippen molar-refractivity contribution in [1.29, 1.82) is 5.26 Å². The van der Waals surface area contributed by atoms with Crippen LogP contribution in [0.25, 0.3) is 28.3 Å². The third-order valence-electron chi connectivity index (χ3n) is 4.83. The summed E-state index contributed by atoms with van der Waals surface area (Å²) < 4.78 is 5.75. The van der Waals surface area contributed by atoms with E-state index in [0.717, 1.165) is 16.5 Å². The van der Waals surface area contributed by atoms with Gasteiger partial charge in [-0.1, -0.05) is 41.4 Å². The van der Waals surface area contributed by atoms with Gasteiger partial charge < -0.3 is 14.7 Å². The van der Waals surface area contributed by atoms with Gasteiger partial charge >= 0.3 is 0 Å². The number of carbonyl (C=O) groups is 1. The number of hydrogen-bond donors (Lipinski definition) is 2. The number of nitrogens with zero attached hydrogens (tertiary/aromatic N) is 1. The molecule has 0 aliphatic rings. The molecule has 4 rings (SSSR count). The molecule has 2 N–H and O–H groups in total. The fraction of sp³-hybridized carbons (Fsp3) is 0.0833. The van der Waals surface area contributed by atoms with Gasteiger partial charge in [0.05, 0.1) is 5.02 Å². The van der Waals surface area contributed by atoms with Crippen LogP contribution in [0.5, 0.6) is 0 Å². The molecule has 154 valence electrons. The molecule has 0 spiro atoms. The summed E-state index contributed by atoms with van der Waals surface area (Å²) in [5.74, 6) is 0.444. The second kappa shape index (κ2) is 9.13. The van der Waals surface area contributed by atoms with E-state index in [4.69, 9.17) is 27.6 Å². The number of benzene rings is 2. The molecule has 0 aliphatic heterocycles. The lowest BCUT2D eigenvalue weighted by atomic mass is 10.1. The maximum atomic E-state index is 12.5. The first kappa shape index (κ1) is 20.8. The molecule has 0 unspecified atom stereocenters. The molecule has 31 heavy (non-hydrogen) atoms. The first-order valence-corrected chi connectivity index (χ1v) is 10.3. The van der Waals surface area contributed by atoms with Crippen molar-refractivity contribution in [1.82, 2.24) is 10.3 Å². The molecule has 2 heterocycles. The summed E-state index contributed by atoms with van der Waals surface area (Å²) in [6, 6.07) is 18.4. The van der Waals surface area contributed by atoms with E-state index in [1.807, 2.05) is 36.5 Å². The number of halogens is 2. The molecule has 2 aromatic carbocycles. The van der Waals surface area contributed by atoms with Gasteiger partial charge in [-0.2, -0.15) is 5.26 Å². The molecule has 1 amide bonds. The van der Waals surface area contributed by atoms with E-state index in [2.05, 4.69) is 10.3 Å². The Balaban J connectivity index is 1.43. The van der Waals surface area contributed by atoms with Gasteiger partial charge in [-0.3, -0.25) is 4.79 Å². The van der Waals surface area contributed by atoms with E-state index >= 15 is 0 Å². The Morgan fingerprint density at radius 2 is 2.00 bits per heavy atom. The van der Waals surface area contributed by atoms with E-state index < -0.39 is 5.91 Å². The summed E-state index contributed by atoms with van der Waals surface area (Å²) in [5.41, 5.74) is 2.79. The molecule has 0 aliphatic carbocycles. The predicted molar refractivity (Wildman–Crippen MR) is 123 cm³/mol. The molecule has 0 saturated carbocycles. The van der Waals surface area contributed by atoms with Gasteiger partial charge in [0.1, 0.15) is 23.2 Å². The molecule has 2 aromatic heterocycles. The van der Waals surface area contributed by atoms with Gasteiger partial charge in [-0.05, 0) is 48.4 Å². The third-order valence-corrected chi connectivity index (χ3v) is 5.38. The summed E-state index contributed by atoms with van der Waals surface area (Å²) in [4.78, 5) is 15.7. The predicted octanol–water partition coefficient (Wildman–Crippen LogP) is 6.00. The van der Waals surface area contributed by atoms with Crippen molar-refractivity contribution in [3.8, 4) is 17.4 Å². The second-order valence-electron chi connectivity index (χ2n) is 6.86. The van der Waals surface area contributed by atoms with Crippen LogP contribution >= 0.6 is 23.2 Å². The number of fused-ring (bicyclic) bond motifs is 1. The third kappa shape index (κ3) is 4.66. The van der Waals surface area contributed by atoms with Crippen LogP contribution in [0.4, 0.5) is 0 Å². The molecule has 0 fully saturated rings. The molecule has 4 aromatic rings. The fourth-order valence-electron chi connectivity index (χ4n) is 3.30. The smallest absolute Gasteiger partial charge is 0.262 e. The maximum absolute atomic E-state index is 12.5. The van der Waals surface area contributed by atoms with Gasteiger partial charge in [0.25, 0.3) is 5.91 Å². The number of para-hydroxylation sites is 1. The van der Waals surface area contributed by atoms with Crippen LogP contribution in [0, 0.1) is 11.3 Å². The SMILES string of the molecule is N#C/C(=C\c1ccc(-c2ccc(Cl)cc2Cl)o1)C(=O)NCCc1c[nH]c2ccccc12. The van der Waals surface area contributed by atoms with Crippen molar-refractivity contribution < 1.29 is 9.21 Å². The van der Waals surface area contributed by atoms with E-state index in [-0.39, 0.29) is 5.57 Å². The van der Waals surface area contributed by atoms with Gasteiger partial charge in [0.15, 0.2) is 0 Å². The standard InChI is InChI=1S/C24H17Cl2N3O2/c25-17-5-7-20(21(26)12-17)23-8-6-18(31-23)11-16(13-27)24(30)28-10-9-15-14-29-22-4-2-1-3-19(15)22/h1-8,11-12,14,29H,9-10H2,(H,28,30)/b16-11+. The highest BCUT2D eigenvalue weighted by atomic mass is 35.5. The van der Waals surface area contributed by atoms with Crippen molar-refractivity contribution in [2.75, 3.05) is 6.54 Å². The zero-order chi connectivity index (χ0) is 21.8. The number of amides is 1. The van der Waals surface area contributed by atoms with Crippen LogP contribution in [0.1, 0.15) is 11.3 Å². The average Bonchev–Trinajstić information content (AvgIpc) is 3.39. The van der Waals surface area contributed by atoms with Gasteiger partial charge in [-0.15, -0.1) is 0 Å². The van der Waals surface area contributed by atoms with Crippen LogP contribution < -0.4 is 5.32 Å². The van der Waals surface area contributed by atoms with Crippen LogP contribution in [-0.4, -0.2) is 17.4 Å². The Morgan fingerprint density at radius 3 is 2.81 bits per heavy atom. The minimum Gasteiger partial charge on any atom is -0.457 e. The van der Waals surface area contributed by atoms with E-state index in [9.17, 15) is 10.1 Å². The zero-order valence-corrected chi connectivity index (χ0v) is 17.8. The zero-order valence-electron chi connectivity index (χ0n) is 16.3. The summed E-state index contributed by atoms with van der Waals surface area (Å²) in [5, 5.41) is 14.3. The van der Waals surface area contributed by atoms with Crippen molar-refractivity contribution >= 4 is 46.1 Å². The first-order valence-electron chi connectivity index (χ1n) is 9.55. The highest BCUT2D eigenvalue weighted by molar-refractivity contribution is 6.36. The van der Waals surface area contributed by atoms with Crippen molar-refractivity contribution in [2.45, 2.75) is 6.42 Å². The van der Waals surface area contributed by atoms with Crippen molar-refractivity contribution in [2.24, 2.45) is 0 Å². The molecule has 0 bridgehead atoms. The molecule has 0 atom stereocenters. The number of H-pyrrole nitrogens is 1. The second-order valence-corrected chi connectivity index (χ2v) is 7.71. The Bertz CT molecular complexity index is 1330. The number of aromatic nitrogens is 1. The van der Waals surface area contributed by atoms with Gasteiger partial charge in [0, 0.05) is 40.3 Å². The van der Waals surface area contributed by atoms with Gasteiger partial charge in [0.2, 0.25) is 0 Å². The normalized spacial score (nSPS) is 11.5. The summed E-state index contributed by atoms with van der Waals surface area (Å²) in [6.07, 6.45) is 3.99. The highest BCUT2D eigenvalue weighted by Crippen LogP contribution is 2.32. The van der Waals surface area contributed by atoms with Crippen LogP contribution in [0.3, 0.4) is 0 Å². The Kier molecular flexibility index (Phi) is 6.13.